The monoisotopic (exact) mass is 225 g/mol. The minimum Gasteiger partial charge on any atom is -0.463 e. The lowest BCUT2D eigenvalue weighted by Gasteiger charge is -2.30. The number of nitrogens with one attached hydrogen (secondary N) is 1. The fourth-order valence-electron chi connectivity index (χ4n) is 1.95. The molecule has 0 amide bonds. The summed E-state index contributed by atoms with van der Waals surface area (Å²) in [5, 5.41) is 6.90. The quantitative estimate of drug-likeness (QED) is 0.774. The molecule has 2 heterocycles. The first-order valence-electron chi connectivity index (χ1n) is 5.83. The number of ether oxygens (including phenoxy) is 1. The average Bonchev–Trinajstić information content (AvgIpc) is 2.78. The molecule has 16 heavy (non-hydrogen) atoms. The molecule has 0 saturated carbocycles. The summed E-state index contributed by atoms with van der Waals surface area (Å²) in [6.45, 7) is 5.27. The van der Waals surface area contributed by atoms with Gasteiger partial charge in [0.25, 0.3) is 0 Å². The lowest BCUT2D eigenvalue weighted by atomic mass is 9.97. The van der Waals surface area contributed by atoms with Crippen LogP contribution in [0.4, 0.5) is 5.95 Å². The van der Waals surface area contributed by atoms with E-state index in [-0.39, 0.29) is 0 Å². The molecule has 0 radical (unpaired) electrons. The summed E-state index contributed by atoms with van der Waals surface area (Å²) >= 11 is 0. The van der Waals surface area contributed by atoms with Gasteiger partial charge in [-0.3, -0.25) is 0 Å². The maximum absolute atomic E-state index is 5.66. The third kappa shape index (κ3) is 2.44. The van der Waals surface area contributed by atoms with Crippen LogP contribution in [-0.2, 0) is 0 Å². The standard InChI is InChI=1S/C10H19N5O/c1-2-16-10-12-9(13-14-10)15-5-3-8(7-11)4-6-15/h8H,2-7,11H2,1H3,(H,12,13,14). The second-order valence-corrected chi connectivity index (χ2v) is 4.04. The molecule has 6 heteroatoms. The van der Waals surface area contributed by atoms with Gasteiger partial charge < -0.3 is 15.4 Å². The topological polar surface area (TPSA) is 80.1 Å². The van der Waals surface area contributed by atoms with Crippen molar-refractivity contribution in [2.45, 2.75) is 19.8 Å². The van der Waals surface area contributed by atoms with E-state index in [4.69, 9.17) is 10.5 Å². The number of H-pyrrole nitrogens is 1. The molecular formula is C10H19N5O. The summed E-state index contributed by atoms with van der Waals surface area (Å²) in [6.07, 6.45) is 2.25. The number of aromatic nitrogens is 3. The summed E-state index contributed by atoms with van der Waals surface area (Å²) in [5.74, 6) is 1.46. The third-order valence-electron chi connectivity index (χ3n) is 2.97. The minimum atomic E-state index is 0.429. The number of aromatic amines is 1. The zero-order valence-electron chi connectivity index (χ0n) is 9.65. The Morgan fingerprint density at radius 1 is 1.50 bits per heavy atom. The maximum Gasteiger partial charge on any atom is 0.337 e. The molecule has 3 N–H and O–H groups in total. The van der Waals surface area contributed by atoms with Gasteiger partial charge in [-0.25, -0.2) is 5.10 Å². The average molecular weight is 225 g/mol. The van der Waals surface area contributed by atoms with Gasteiger partial charge in [-0.2, -0.15) is 4.98 Å². The van der Waals surface area contributed by atoms with Gasteiger partial charge in [0.1, 0.15) is 0 Å². The molecule has 6 nitrogen and oxygen atoms in total. The Labute approximate surface area is 95.2 Å². The molecule has 0 spiro atoms. The zero-order chi connectivity index (χ0) is 11.4. The van der Waals surface area contributed by atoms with Crippen LogP contribution >= 0.6 is 0 Å². The van der Waals surface area contributed by atoms with Crippen LogP contribution < -0.4 is 15.4 Å². The smallest absolute Gasteiger partial charge is 0.337 e. The van der Waals surface area contributed by atoms with E-state index >= 15 is 0 Å². The highest BCUT2D eigenvalue weighted by Crippen LogP contribution is 2.20. The minimum absolute atomic E-state index is 0.429. The number of hydrogen-bond donors (Lipinski definition) is 2. The molecule has 1 aromatic heterocycles. The zero-order valence-corrected chi connectivity index (χ0v) is 9.65. The first-order valence-corrected chi connectivity index (χ1v) is 5.83. The highest BCUT2D eigenvalue weighted by Gasteiger charge is 2.20. The van der Waals surface area contributed by atoms with Gasteiger partial charge in [0.15, 0.2) is 0 Å². The number of nitrogens with zero attached hydrogens (tertiary/aromatic N) is 3. The van der Waals surface area contributed by atoms with E-state index < -0.39 is 0 Å². The van der Waals surface area contributed by atoms with E-state index in [1.165, 1.54) is 0 Å². The van der Waals surface area contributed by atoms with Crippen LogP contribution in [0.15, 0.2) is 0 Å². The molecule has 0 aliphatic carbocycles. The van der Waals surface area contributed by atoms with Crippen molar-refractivity contribution in [3.8, 4) is 6.01 Å². The molecule has 0 atom stereocenters. The highest BCUT2D eigenvalue weighted by atomic mass is 16.5. The third-order valence-corrected chi connectivity index (χ3v) is 2.97. The van der Waals surface area contributed by atoms with Crippen LogP contribution in [0.25, 0.3) is 0 Å². The molecule has 1 aromatic rings. The lowest BCUT2D eigenvalue weighted by Crippen LogP contribution is -2.36. The van der Waals surface area contributed by atoms with E-state index in [0.29, 0.717) is 18.5 Å². The van der Waals surface area contributed by atoms with Gasteiger partial charge >= 0.3 is 6.01 Å². The largest absolute Gasteiger partial charge is 0.463 e. The van der Waals surface area contributed by atoms with E-state index in [2.05, 4.69) is 20.1 Å². The van der Waals surface area contributed by atoms with E-state index in [9.17, 15) is 0 Å². The summed E-state index contributed by atoms with van der Waals surface area (Å²) in [4.78, 5) is 6.48. The van der Waals surface area contributed by atoms with Crippen molar-refractivity contribution in [2.24, 2.45) is 11.7 Å². The fourth-order valence-corrected chi connectivity index (χ4v) is 1.95. The Kier molecular flexibility index (Phi) is 3.61. The van der Waals surface area contributed by atoms with Crippen molar-refractivity contribution in [1.29, 1.82) is 0 Å². The van der Waals surface area contributed by atoms with Crippen LogP contribution in [-0.4, -0.2) is 41.4 Å². The maximum atomic E-state index is 5.66. The van der Waals surface area contributed by atoms with Gasteiger partial charge in [-0.15, -0.1) is 5.10 Å². The molecule has 1 aliphatic rings. The second-order valence-electron chi connectivity index (χ2n) is 4.04. The Morgan fingerprint density at radius 2 is 2.25 bits per heavy atom. The molecule has 2 rings (SSSR count). The summed E-state index contributed by atoms with van der Waals surface area (Å²) in [5.41, 5.74) is 5.66. The van der Waals surface area contributed by atoms with Gasteiger partial charge in [-0.05, 0) is 32.2 Å². The van der Waals surface area contributed by atoms with Gasteiger partial charge in [0, 0.05) is 13.1 Å². The van der Waals surface area contributed by atoms with Crippen LogP contribution in [0.3, 0.4) is 0 Å². The van der Waals surface area contributed by atoms with Crippen LogP contribution in [0, 0.1) is 5.92 Å². The Bertz CT molecular complexity index is 319. The van der Waals surface area contributed by atoms with E-state index in [1.54, 1.807) is 0 Å². The summed E-state index contributed by atoms with van der Waals surface area (Å²) in [6, 6.07) is 0.429. The van der Waals surface area contributed by atoms with E-state index in [1.807, 2.05) is 6.92 Å². The first kappa shape index (κ1) is 11.2. The van der Waals surface area contributed by atoms with Gasteiger partial charge in [0.05, 0.1) is 6.61 Å². The SMILES string of the molecule is CCOc1n[nH]c(N2CCC(CN)CC2)n1. The molecule has 0 aromatic carbocycles. The Balaban J connectivity index is 1.92. The van der Waals surface area contributed by atoms with Gasteiger partial charge in [0.2, 0.25) is 5.95 Å². The number of piperidine rings is 1. The molecular weight excluding hydrogens is 206 g/mol. The van der Waals surface area contributed by atoms with Crippen LogP contribution in [0.2, 0.25) is 0 Å². The van der Waals surface area contributed by atoms with Crippen LogP contribution in [0.1, 0.15) is 19.8 Å². The van der Waals surface area contributed by atoms with Crippen molar-refractivity contribution >= 4 is 5.95 Å². The Hall–Kier alpha value is -1.30. The second kappa shape index (κ2) is 5.16. The van der Waals surface area contributed by atoms with Gasteiger partial charge in [-0.1, -0.05) is 0 Å². The van der Waals surface area contributed by atoms with Crippen molar-refractivity contribution < 1.29 is 4.74 Å². The van der Waals surface area contributed by atoms with Crippen LogP contribution in [0.5, 0.6) is 6.01 Å². The summed E-state index contributed by atoms with van der Waals surface area (Å²) in [7, 11) is 0. The Morgan fingerprint density at radius 3 is 2.88 bits per heavy atom. The molecule has 1 aliphatic heterocycles. The highest BCUT2D eigenvalue weighted by molar-refractivity contribution is 5.30. The first-order chi connectivity index (χ1) is 7.83. The van der Waals surface area contributed by atoms with Crippen molar-refractivity contribution in [2.75, 3.05) is 31.1 Å². The molecule has 0 unspecified atom stereocenters. The molecule has 0 bridgehead atoms. The number of anilines is 1. The predicted octanol–water partition coefficient (Wildman–Crippen LogP) is 0.379. The summed E-state index contributed by atoms with van der Waals surface area (Å²) < 4.78 is 5.22. The van der Waals surface area contributed by atoms with Crippen molar-refractivity contribution in [3.63, 3.8) is 0 Å². The predicted molar refractivity (Wildman–Crippen MR) is 61.5 cm³/mol. The number of rotatable bonds is 4. The number of hydrogen-bond acceptors (Lipinski definition) is 5. The molecule has 90 valence electrons. The number of nitrogens with two attached hydrogens (primary N) is 1. The van der Waals surface area contributed by atoms with Crippen molar-refractivity contribution in [1.82, 2.24) is 15.2 Å². The lowest BCUT2D eigenvalue weighted by molar-refractivity contribution is 0.314. The fraction of sp³-hybridized carbons (Fsp3) is 0.800. The van der Waals surface area contributed by atoms with E-state index in [0.717, 1.165) is 38.4 Å². The molecule has 1 saturated heterocycles. The molecule has 1 fully saturated rings. The van der Waals surface area contributed by atoms with Crippen molar-refractivity contribution in [3.05, 3.63) is 0 Å². The normalized spacial score (nSPS) is 17.8.